The number of aryl methyl sites for hydroxylation is 1. The van der Waals surface area contributed by atoms with Crippen molar-refractivity contribution >= 4 is 5.97 Å². The molecule has 0 fully saturated rings. The Bertz CT molecular complexity index is 533. The number of benzene rings is 1. The van der Waals surface area contributed by atoms with Gasteiger partial charge in [-0.3, -0.25) is 4.98 Å². The minimum atomic E-state index is -1.06. The maximum absolute atomic E-state index is 10.7. The number of hydrogen-bond donors (Lipinski definition) is 1. The van der Waals surface area contributed by atoms with Crippen LogP contribution < -0.4 is 0 Å². The predicted molar refractivity (Wildman–Crippen MR) is 68.4 cm³/mol. The summed E-state index contributed by atoms with van der Waals surface area (Å²) in [4.78, 5) is 18.6. The first-order chi connectivity index (χ1) is 8.70. The van der Waals surface area contributed by atoms with Crippen LogP contribution in [0.25, 0.3) is 11.3 Å². The molecule has 92 valence electrons. The number of rotatable bonds is 4. The molecule has 4 heteroatoms. The number of aromatic carboxylic acids is 1. The molecule has 4 nitrogen and oxygen atoms in total. The molecule has 0 radical (unpaired) electrons. The van der Waals surface area contributed by atoms with Gasteiger partial charge in [-0.15, -0.1) is 0 Å². The summed E-state index contributed by atoms with van der Waals surface area (Å²) >= 11 is 0. The number of nitrogens with zero attached hydrogens (tertiary/aromatic N) is 2. The van der Waals surface area contributed by atoms with Gasteiger partial charge >= 0.3 is 5.97 Å². The molecular formula is C14H14N2O2. The van der Waals surface area contributed by atoms with Gasteiger partial charge in [-0.1, -0.05) is 37.6 Å². The van der Waals surface area contributed by atoms with E-state index in [1.807, 2.05) is 12.1 Å². The molecule has 0 aliphatic carbocycles. The highest BCUT2D eigenvalue weighted by Crippen LogP contribution is 2.17. The van der Waals surface area contributed by atoms with E-state index in [9.17, 15) is 4.79 Å². The second-order valence-corrected chi connectivity index (χ2v) is 4.04. The van der Waals surface area contributed by atoms with Crippen LogP contribution in [-0.2, 0) is 6.42 Å². The summed E-state index contributed by atoms with van der Waals surface area (Å²) in [7, 11) is 0. The van der Waals surface area contributed by atoms with E-state index in [-0.39, 0.29) is 5.69 Å². The highest BCUT2D eigenvalue weighted by atomic mass is 16.4. The maximum atomic E-state index is 10.7. The minimum absolute atomic E-state index is 0.0404. The molecule has 0 atom stereocenters. The van der Waals surface area contributed by atoms with Crippen LogP contribution in [0.2, 0.25) is 0 Å². The zero-order valence-corrected chi connectivity index (χ0v) is 10.1. The molecular weight excluding hydrogens is 228 g/mol. The van der Waals surface area contributed by atoms with Gasteiger partial charge in [0, 0.05) is 5.56 Å². The molecule has 2 rings (SSSR count). The molecule has 1 aromatic heterocycles. The fourth-order valence-electron chi connectivity index (χ4n) is 1.72. The zero-order valence-electron chi connectivity index (χ0n) is 10.1. The Morgan fingerprint density at radius 3 is 2.39 bits per heavy atom. The number of aromatic nitrogens is 2. The van der Waals surface area contributed by atoms with Gasteiger partial charge in [-0.2, -0.15) is 0 Å². The molecule has 0 spiro atoms. The van der Waals surface area contributed by atoms with Crippen molar-refractivity contribution in [1.29, 1.82) is 0 Å². The number of carboxylic acids is 1. The first-order valence-corrected chi connectivity index (χ1v) is 5.85. The molecule has 0 bridgehead atoms. The lowest BCUT2D eigenvalue weighted by Gasteiger charge is -2.03. The number of hydrogen-bond acceptors (Lipinski definition) is 3. The summed E-state index contributed by atoms with van der Waals surface area (Å²) in [5.41, 5.74) is 2.88. The lowest BCUT2D eigenvalue weighted by Crippen LogP contribution is -2.01. The first kappa shape index (κ1) is 12.2. The smallest absolute Gasteiger partial charge is 0.356 e. The number of carbonyl (C=O) groups is 1. The lowest BCUT2D eigenvalue weighted by molar-refractivity contribution is 0.0690. The Balaban J connectivity index is 2.23. The Labute approximate surface area is 105 Å². The Kier molecular flexibility index (Phi) is 3.67. The van der Waals surface area contributed by atoms with Gasteiger partial charge in [0.1, 0.15) is 0 Å². The fraction of sp³-hybridized carbons (Fsp3) is 0.214. The van der Waals surface area contributed by atoms with Gasteiger partial charge in [0.05, 0.1) is 18.1 Å². The van der Waals surface area contributed by atoms with Crippen LogP contribution in [0.3, 0.4) is 0 Å². The van der Waals surface area contributed by atoms with E-state index < -0.39 is 5.97 Å². The van der Waals surface area contributed by atoms with Crippen LogP contribution in [0.1, 0.15) is 29.4 Å². The third-order valence-corrected chi connectivity index (χ3v) is 2.66. The standard InChI is InChI=1S/C14H14N2O2/c1-2-3-10-4-6-11(7-5-10)12-8-16-13(9-15-12)14(17)18/h4-9H,2-3H2,1H3,(H,17,18). The molecule has 18 heavy (non-hydrogen) atoms. The van der Waals surface area contributed by atoms with Gasteiger partial charge < -0.3 is 5.11 Å². The largest absolute Gasteiger partial charge is 0.476 e. The topological polar surface area (TPSA) is 63.1 Å². The van der Waals surface area contributed by atoms with E-state index >= 15 is 0 Å². The second kappa shape index (κ2) is 5.40. The van der Waals surface area contributed by atoms with E-state index in [0.717, 1.165) is 18.4 Å². The summed E-state index contributed by atoms with van der Waals surface area (Å²) in [6.07, 6.45) is 4.94. The minimum Gasteiger partial charge on any atom is -0.476 e. The Morgan fingerprint density at radius 2 is 1.89 bits per heavy atom. The van der Waals surface area contributed by atoms with Crippen molar-refractivity contribution < 1.29 is 9.90 Å². The van der Waals surface area contributed by atoms with Gasteiger partial charge in [0.15, 0.2) is 5.69 Å². The third-order valence-electron chi connectivity index (χ3n) is 2.66. The fourth-order valence-corrected chi connectivity index (χ4v) is 1.72. The van der Waals surface area contributed by atoms with Gasteiger partial charge in [0.25, 0.3) is 0 Å². The van der Waals surface area contributed by atoms with Crippen LogP contribution in [0.4, 0.5) is 0 Å². The highest BCUT2D eigenvalue weighted by molar-refractivity contribution is 5.85. The van der Waals surface area contributed by atoms with Crippen LogP contribution in [-0.4, -0.2) is 21.0 Å². The molecule has 0 unspecified atom stereocenters. The molecule has 0 amide bonds. The molecule has 2 aromatic rings. The summed E-state index contributed by atoms with van der Waals surface area (Å²) in [5.74, 6) is -1.06. The molecule has 1 N–H and O–H groups in total. The SMILES string of the molecule is CCCc1ccc(-c2cnc(C(=O)O)cn2)cc1. The second-order valence-electron chi connectivity index (χ2n) is 4.04. The van der Waals surface area contributed by atoms with E-state index in [4.69, 9.17) is 5.11 Å². The zero-order chi connectivity index (χ0) is 13.0. The van der Waals surface area contributed by atoms with Crippen molar-refractivity contribution in [3.63, 3.8) is 0 Å². The molecule has 0 saturated heterocycles. The van der Waals surface area contributed by atoms with Gasteiger partial charge in [-0.05, 0) is 12.0 Å². The third kappa shape index (κ3) is 2.71. The molecule has 0 aliphatic heterocycles. The molecule has 0 saturated carbocycles. The van der Waals surface area contributed by atoms with E-state index in [2.05, 4.69) is 29.0 Å². The predicted octanol–water partition coefficient (Wildman–Crippen LogP) is 2.79. The summed E-state index contributed by atoms with van der Waals surface area (Å²) < 4.78 is 0. The van der Waals surface area contributed by atoms with Crippen LogP contribution in [0.5, 0.6) is 0 Å². The van der Waals surface area contributed by atoms with Crippen molar-refractivity contribution in [1.82, 2.24) is 9.97 Å². The Morgan fingerprint density at radius 1 is 1.17 bits per heavy atom. The molecule has 1 heterocycles. The van der Waals surface area contributed by atoms with E-state index in [0.29, 0.717) is 5.69 Å². The van der Waals surface area contributed by atoms with E-state index in [1.54, 1.807) is 0 Å². The van der Waals surface area contributed by atoms with Crippen molar-refractivity contribution in [2.24, 2.45) is 0 Å². The maximum Gasteiger partial charge on any atom is 0.356 e. The van der Waals surface area contributed by atoms with Crippen molar-refractivity contribution in [3.8, 4) is 11.3 Å². The lowest BCUT2D eigenvalue weighted by atomic mass is 10.1. The van der Waals surface area contributed by atoms with Crippen molar-refractivity contribution in [2.75, 3.05) is 0 Å². The summed E-state index contributed by atoms with van der Waals surface area (Å²) in [6.45, 7) is 2.14. The van der Waals surface area contributed by atoms with Crippen LogP contribution >= 0.6 is 0 Å². The average Bonchev–Trinajstić information content (AvgIpc) is 2.40. The van der Waals surface area contributed by atoms with Crippen LogP contribution in [0.15, 0.2) is 36.7 Å². The molecule has 0 aliphatic rings. The Hall–Kier alpha value is -2.23. The summed E-state index contributed by atoms with van der Waals surface area (Å²) in [5, 5.41) is 8.74. The van der Waals surface area contributed by atoms with Crippen molar-refractivity contribution in [3.05, 3.63) is 47.9 Å². The first-order valence-electron chi connectivity index (χ1n) is 5.85. The van der Waals surface area contributed by atoms with Gasteiger partial charge in [0.2, 0.25) is 0 Å². The quantitative estimate of drug-likeness (QED) is 0.895. The summed E-state index contributed by atoms with van der Waals surface area (Å²) in [6, 6.07) is 8.09. The monoisotopic (exact) mass is 242 g/mol. The molecule has 1 aromatic carbocycles. The average molecular weight is 242 g/mol. The normalized spacial score (nSPS) is 10.3. The van der Waals surface area contributed by atoms with Crippen molar-refractivity contribution in [2.45, 2.75) is 19.8 Å². The van der Waals surface area contributed by atoms with Gasteiger partial charge in [-0.25, -0.2) is 9.78 Å². The van der Waals surface area contributed by atoms with Crippen LogP contribution in [0, 0.1) is 0 Å². The van der Waals surface area contributed by atoms with E-state index in [1.165, 1.54) is 18.0 Å². The highest BCUT2D eigenvalue weighted by Gasteiger charge is 2.06. The number of carboxylic acid groups (broad SMARTS) is 1.